The molecule has 0 unspecified atom stereocenters. The third-order valence-electron chi connectivity index (χ3n) is 2.64. The maximum atomic E-state index is 5.85. The van der Waals surface area contributed by atoms with Crippen molar-refractivity contribution in [1.29, 1.82) is 0 Å². The van der Waals surface area contributed by atoms with Crippen LogP contribution in [0.5, 0.6) is 5.75 Å². The first kappa shape index (κ1) is 16.3. The molecule has 0 aliphatic carbocycles. The predicted octanol–water partition coefficient (Wildman–Crippen LogP) is 4.68. The molecule has 1 N–H and O–H groups in total. The SMILES string of the molecule is C=CCCCOc1ccc(Br)cc1CNC(C)(C)C. The van der Waals surface area contributed by atoms with Crippen molar-refractivity contribution < 1.29 is 4.74 Å². The van der Waals surface area contributed by atoms with Crippen molar-refractivity contribution in [3.8, 4) is 5.75 Å². The highest BCUT2D eigenvalue weighted by Crippen LogP contribution is 2.24. The Kier molecular flexibility index (Phi) is 6.59. The molecule has 0 aliphatic rings. The number of rotatable bonds is 7. The average Bonchev–Trinajstić information content (AvgIpc) is 2.33. The number of ether oxygens (including phenoxy) is 1. The van der Waals surface area contributed by atoms with Gasteiger partial charge in [0.15, 0.2) is 0 Å². The quantitative estimate of drug-likeness (QED) is 0.580. The molecule has 0 fully saturated rings. The van der Waals surface area contributed by atoms with Gasteiger partial charge in [0.25, 0.3) is 0 Å². The van der Waals surface area contributed by atoms with Gasteiger partial charge >= 0.3 is 0 Å². The van der Waals surface area contributed by atoms with Gasteiger partial charge in [-0.15, -0.1) is 6.58 Å². The van der Waals surface area contributed by atoms with Crippen molar-refractivity contribution in [3.63, 3.8) is 0 Å². The monoisotopic (exact) mass is 325 g/mol. The van der Waals surface area contributed by atoms with E-state index in [2.05, 4.69) is 54.7 Å². The fourth-order valence-electron chi connectivity index (χ4n) is 1.60. The van der Waals surface area contributed by atoms with Gasteiger partial charge < -0.3 is 10.1 Å². The molecule has 0 bridgehead atoms. The number of allylic oxidation sites excluding steroid dienone is 1. The molecule has 19 heavy (non-hydrogen) atoms. The van der Waals surface area contributed by atoms with Crippen LogP contribution in [-0.2, 0) is 6.54 Å². The Morgan fingerprint density at radius 2 is 2.11 bits per heavy atom. The standard InChI is InChI=1S/C16H24BrNO/c1-5-6-7-10-19-15-9-8-14(17)11-13(15)12-18-16(2,3)4/h5,8-9,11,18H,1,6-7,10,12H2,2-4H3. The highest BCUT2D eigenvalue weighted by molar-refractivity contribution is 9.10. The summed E-state index contributed by atoms with van der Waals surface area (Å²) >= 11 is 3.51. The normalized spacial score (nSPS) is 11.4. The van der Waals surface area contributed by atoms with E-state index in [4.69, 9.17) is 4.74 Å². The lowest BCUT2D eigenvalue weighted by Gasteiger charge is -2.22. The lowest BCUT2D eigenvalue weighted by atomic mass is 10.1. The Balaban J connectivity index is 2.65. The van der Waals surface area contributed by atoms with E-state index in [1.54, 1.807) is 0 Å². The topological polar surface area (TPSA) is 21.3 Å². The van der Waals surface area contributed by atoms with E-state index < -0.39 is 0 Å². The fourth-order valence-corrected chi connectivity index (χ4v) is 2.01. The van der Waals surface area contributed by atoms with Crippen LogP contribution in [0.3, 0.4) is 0 Å². The summed E-state index contributed by atoms with van der Waals surface area (Å²) in [6.07, 6.45) is 3.92. The van der Waals surface area contributed by atoms with Gasteiger partial charge in [0.05, 0.1) is 6.61 Å². The van der Waals surface area contributed by atoms with E-state index in [-0.39, 0.29) is 5.54 Å². The Labute approximate surface area is 125 Å². The molecule has 2 nitrogen and oxygen atoms in total. The van der Waals surface area contributed by atoms with Gasteiger partial charge in [0, 0.05) is 22.1 Å². The largest absolute Gasteiger partial charge is 0.493 e. The molecule has 1 aromatic rings. The smallest absolute Gasteiger partial charge is 0.123 e. The molecule has 0 aliphatic heterocycles. The Morgan fingerprint density at radius 1 is 1.37 bits per heavy atom. The van der Waals surface area contributed by atoms with Crippen LogP contribution in [-0.4, -0.2) is 12.1 Å². The van der Waals surface area contributed by atoms with Crippen LogP contribution in [0.25, 0.3) is 0 Å². The maximum Gasteiger partial charge on any atom is 0.123 e. The molecule has 0 saturated heterocycles. The predicted molar refractivity (Wildman–Crippen MR) is 85.7 cm³/mol. The maximum absolute atomic E-state index is 5.85. The van der Waals surface area contributed by atoms with E-state index in [1.165, 1.54) is 5.56 Å². The van der Waals surface area contributed by atoms with Gasteiger partial charge in [0.2, 0.25) is 0 Å². The van der Waals surface area contributed by atoms with E-state index in [1.807, 2.05) is 18.2 Å². The van der Waals surface area contributed by atoms with Gasteiger partial charge in [-0.3, -0.25) is 0 Å². The van der Waals surface area contributed by atoms with Gasteiger partial charge in [-0.1, -0.05) is 22.0 Å². The minimum atomic E-state index is 0.0996. The summed E-state index contributed by atoms with van der Waals surface area (Å²) in [6.45, 7) is 11.7. The lowest BCUT2D eigenvalue weighted by Crippen LogP contribution is -2.35. The second-order valence-electron chi connectivity index (χ2n) is 5.63. The average molecular weight is 326 g/mol. The zero-order valence-corrected chi connectivity index (χ0v) is 13.7. The van der Waals surface area contributed by atoms with Crippen LogP contribution in [0.15, 0.2) is 35.3 Å². The number of halogens is 1. The summed E-state index contributed by atoms with van der Waals surface area (Å²) in [5.74, 6) is 0.962. The molecule has 3 heteroatoms. The molecule has 0 saturated carbocycles. The van der Waals surface area contributed by atoms with E-state index in [0.29, 0.717) is 0 Å². The zero-order chi connectivity index (χ0) is 14.3. The van der Waals surface area contributed by atoms with Crippen LogP contribution in [0.4, 0.5) is 0 Å². The van der Waals surface area contributed by atoms with Crippen molar-refractivity contribution in [2.24, 2.45) is 0 Å². The summed E-state index contributed by atoms with van der Waals surface area (Å²) in [5.41, 5.74) is 1.28. The van der Waals surface area contributed by atoms with Crippen molar-refractivity contribution >= 4 is 15.9 Å². The van der Waals surface area contributed by atoms with E-state index in [0.717, 1.165) is 36.2 Å². The first-order chi connectivity index (χ1) is 8.92. The van der Waals surface area contributed by atoms with Gasteiger partial charge in [0.1, 0.15) is 5.75 Å². The Bertz CT molecular complexity index is 410. The van der Waals surface area contributed by atoms with Crippen molar-refractivity contribution in [2.45, 2.75) is 45.7 Å². The summed E-state index contributed by atoms with van der Waals surface area (Å²) < 4.78 is 6.93. The Hall–Kier alpha value is -0.800. The van der Waals surface area contributed by atoms with Crippen LogP contribution in [0.2, 0.25) is 0 Å². The number of hydrogen-bond donors (Lipinski definition) is 1. The minimum absolute atomic E-state index is 0.0996. The molecular formula is C16H24BrNO. The molecule has 0 radical (unpaired) electrons. The first-order valence-electron chi connectivity index (χ1n) is 6.69. The zero-order valence-electron chi connectivity index (χ0n) is 12.1. The summed E-state index contributed by atoms with van der Waals surface area (Å²) in [6, 6.07) is 6.16. The molecule has 0 atom stereocenters. The molecule has 1 rings (SSSR count). The first-order valence-corrected chi connectivity index (χ1v) is 7.49. The third-order valence-corrected chi connectivity index (χ3v) is 3.14. The fraction of sp³-hybridized carbons (Fsp3) is 0.500. The number of hydrogen-bond acceptors (Lipinski definition) is 2. The van der Waals surface area contributed by atoms with Crippen molar-refractivity contribution in [1.82, 2.24) is 5.32 Å². The molecule has 0 heterocycles. The molecule has 0 aromatic heterocycles. The summed E-state index contributed by atoms with van der Waals surface area (Å²) in [4.78, 5) is 0. The number of nitrogens with one attached hydrogen (secondary N) is 1. The van der Waals surface area contributed by atoms with Crippen molar-refractivity contribution in [3.05, 3.63) is 40.9 Å². The molecule has 0 amide bonds. The van der Waals surface area contributed by atoms with E-state index >= 15 is 0 Å². The molecule has 106 valence electrons. The van der Waals surface area contributed by atoms with Gasteiger partial charge in [-0.05, 0) is 51.8 Å². The molecular weight excluding hydrogens is 302 g/mol. The highest BCUT2D eigenvalue weighted by Gasteiger charge is 2.11. The van der Waals surface area contributed by atoms with Gasteiger partial charge in [-0.25, -0.2) is 0 Å². The second kappa shape index (κ2) is 7.71. The summed E-state index contributed by atoms with van der Waals surface area (Å²) in [7, 11) is 0. The minimum Gasteiger partial charge on any atom is -0.493 e. The number of unbranched alkanes of at least 4 members (excludes halogenated alkanes) is 1. The van der Waals surface area contributed by atoms with Crippen LogP contribution in [0, 0.1) is 0 Å². The van der Waals surface area contributed by atoms with E-state index in [9.17, 15) is 0 Å². The summed E-state index contributed by atoms with van der Waals surface area (Å²) in [5, 5.41) is 3.49. The lowest BCUT2D eigenvalue weighted by molar-refractivity contribution is 0.306. The van der Waals surface area contributed by atoms with Crippen LogP contribution < -0.4 is 10.1 Å². The molecule has 1 aromatic carbocycles. The van der Waals surface area contributed by atoms with Crippen LogP contribution in [0.1, 0.15) is 39.2 Å². The van der Waals surface area contributed by atoms with Crippen LogP contribution >= 0.6 is 15.9 Å². The molecule has 0 spiro atoms. The van der Waals surface area contributed by atoms with Gasteiger partial charge in [-0.2, -0.15) is 0 Å². The second-order valence-corrected chi connectivity index (χ2v) is 6.55. The highest BCUT2D eigenvalue weighted by atomic mass is 79.9. The Morgan fingerprint density at radius 3 is 2.74 bits per heavy atom. The third kappa shape index (κ3) is 6.79. The van der Waals surface area contributed by atoms with Crippen molar-refractivity contribution in [2.75, 3.05) is 6.61 Å². The number of benzene rings is 1.